The van der Waals surface area contributed by atoms with Crippen molar-refractivity contribution >= 4 is 21.9 Å². The molecule has 0 bridgehead atoms. The quantitative estimate of drug-likeness (QED) is 0.567. The van der Waals surface area contributed by atoms with Gasteiger partial charge in [0.15, 0.2) is 0 Å². The molecule has 0 aromatic rings. The van der Waals surface area contributed by atoms with Crippen LogP contribution in [0.1, 0.15) is 39.0 Å². The van der Waals surface area contributed by atoms with Crippen LogP contribution in [0.25, 0.3) is 0 Å². The molecule has 1 aliphatic carbocycles. The van der Waals surface area contributed by atoms with Gasteiger partial charge < -0.3 is 4.74 Å². The third kappa shape index (κ3) is 3.67. The van der Waals surface area contributed by atoms with Crippen molar-refractivity contribution in [3.8, 4) is 0 Å². The minimum Gasteiger partial charge on any atom is -0.466 e. The average Bonchev–Trinajstić information content (AvgIpc) is 2.09. The molecular formula is C10H17BrO2. The van der Waals surface area contributed by atoms with Crippen LogP contribution in [0.5, 0.6) is 0 Å². The maximum atomic E-state index is 11.2. The van der Waals surface area contributed by atoms with Crippen LogP contribution in [0.4, 0.5) is 0 Å². The standard InChI is InChI=1S/C10H17BrO2/c1-2-13-10(12)7-8-5-3-4-6-9(8)11/h8-9H,2-7H2,1H3. The lowest BCUT2D eigenvalue weighted by molar-refractivity contribution is -0.144. The van der Waals surface area contributed by atoms with Gasteiger partial charge in [0.1, 0.15) is 0 Å². The first-order valence-corrected chi connectivity index (χ1v) is 5.95. The van der Waals surface area contributed by atoms with Crippen LogP contribution < -0.4 is 0 Å². The van der Waals surface area contributed by atoms with Gasteiger partial charge in [0, 0.05) is 11.2 Å². The summed E-state index contributed by atoms with van der Waals surface area (Å²) >= 11 is 3.63. The van der Waals surface area contributed by atoms with Gasteiger partial charge in [-0.1, -0.05) is 28.8 Å². The number of esters is 1. The lowest BCUT2D eigenvalue weighted by Crippen LogP contribution is -2.23. The summed E-state index contributed by atoms with van der Waals surface area (Å²) in [6, 6.07) is 0. The second-order valence-electron chi connectivity index (χ2n) is 3.57. The van der Waals surface area contributed by atoms with Gasteiger partial charge in [-0.2, -0.15) is 0 Å². The lowest BCUT2D eigenvalue weighted by atomic mass is 9.87. The highest BCUT2D eigenvalue weighted by Gasteiger charge is 2.25. The molecule has 0 heterocycles. The van der Waals surface area contributed by atoms with Crippen molar-refractivity contribution in [2.75, 3.05) is 6.61 Å². The Morgan fingerprint density at radius 3 is 2.77 bits per heavy atom. The van der Waals surface area contributed by atoms with Crippen LogP contribution in [-0.4, -0.2) is 17.4 Å². The summed E-state index contributed by atoms with van der Waals surface area (Å²) in [5.74, 6) is 0.451. The maximum Gasteiger partial charge on any atom is 0.306 e. The van der Waals surface area contributed by atoms with E-state index < -0.39 is 0 Å². The SMILES string of the molecule is CCOC(=O)CC1CCCCC1Br. The molecule has 0 aliphatic heterocycles. The van der Waals surface area contributed by atoms with Crippen LogP contribution >= 0.6 is 15.9 Å². The zero-order chi connectivity index (χ0) is 9.68. The molecule has 1 saturated carbocycles. The molecule has 1 rings (SSSR count). The Morgan fingerprint density at radius 1 is 1.46 bits per heavy atom. The second kappa shape index (κ2) is 5.63. The molecule has 2 atom stereocenters. The molecule has 0 N–H and O–H groups in total. The fourth-order valence-corrected chi connectivity index (χ4v) is 2.60. The molecule has 0 saturated heterocycles. The molecule has 0 radical (unpaired) electrons. The summed E-state index contributed by atoms with van der Waals surface area (Å²) in [5, 5.41) is 0. The molecule has 2 nitrogen and oxygen atoms in total. The first kappa shape index (κ1) is 11.0. The highest BCUT2D eigenvalue weighted by atomic mass is 79.9. The van der Waals surface area contributed by atoms with Crippen molar-refractivity contribution in [1.82, 2.24) is 0 Å². The molecule has 0 spiro atoms. The molecule has 0 amide bonds. The van der Waals surface area contributed by atoms with E-state index in [0.717, 1.165) is 6.42 Å². The summed E-state index contributed by atoms with van der Waals surface area (Å²) in [5.41, 5.74) is 0. The van der Waals surface area contributed by atoms with E-state index in [4.69, 9.17) is 4.74 Å². The molecular weight excluding hydrogens is 232 g/mol. The predicted molar refractivity (Wildman–Crippen MR) is 55.9 cm³/mol. The molecule has 13 heavy (non-hydrogen) atoms. The minimum absolute atomic E-state index is 0.0427. The van der Waals surface area contributed by atoms with Gasteiger partial charge in [-0.05, 0) is 25.7 Å². The van der Waals surface area contributed by atoms with E-state index in [1.807, 2.05) is 6.92 Å². The van der Waals surface area contributed by atoms with Crippen molar-refractivity contribution in [3.05, 3.63) is 0 Å². The Hall–Kier alpha value is -0.0500. The van der Waals surface area contributed by atoms with Crippen LogP contribution in [0.2, 0.25) is 0 Å². The Bertz CT molecular complexity index is 170. The van der Waals surface area contributed by atoms with Gasteiger partial charge in [0.2, 0.25) is 0 Å². The largest absolute Gasteiger partial charge is 0.466 e. The summed E-state index contributed by atoms with van der Waals surface area (Å²) in [4.78, 5) is 11.7. The Labute approximate surface area is 88.2 Å². The van der Waals surface area contributed by atoms with Gasteiger partial charge in [0.05, 0.1) is 6.61 Å². The van der Waals surface area contributed by atoms with Crippen molar-refractivity contribution in [1.29, 1.82) is 0 Å². The second-order valence-corrected chi connectivity index (χ2v) is 4.75. The van der Waals surface area contributed by atoms with E-state index in [9.17, 15) is 4.79 Å². The maximum absolute atomic E-state index is 11.2. The summed E-state index contributed by atoms with van der Waals surface area (Å²) < 4.78 is 4.93. The molecule has 0 aromatic carbocycles. The fraction of sp³-hybridized carbons (Fsp3) is 0.900. The number of hydrogen-bond acceptors (Lipinski definition) is 2. The third-order valence-corrected chi connectivity index (χ3v) is 3.76. The first-order valence-electron chi connectivity index (χ1n) is 5.03. The summed E-state index contributed by atoms with van der Waals surface area (Å²) in [6.07, 6.45) is 5.49. The zero-order valence-electron chi connectivity index (χ0n) is 8.09. The predicted octanol–water partition coefficient (Wildman–Crippen LogP) is 2.89. The van der Waals surface area contributed by atoms with Crippen molar-refractivity contribution < 1.29 is 9.53 Å². The summed E-state index contributed by atoms with van der Waals surface area (Å²) in [6.45, 7) is 2.35. The number of hydrogen-bond donors (Lipinski definition) is 0. The topological polar surface area (TPSA) is 26.3 Å². The van der Waals surface area contributed by atoms with E-state index in [1.54, 1.807) is 0 Å². The zero-order valence-corrected chi connectivity index (χ0v) is 9.68. The highest BCUT2D eigenvalue weighted by Crippen LogP contribution is 2.32. The fourth-order valence-electron chi connectivity index (χ4n) is 1.83. The number of halogens is 1. The van der Waals surface area contributed by atoms with Crippen molar-refractivity contribution in [2.24, 2.45) is 5.92 Å². The Kier molecular flexibility index (Phi) is 4.78. The lowest BCUT2D eigenvalue weighted by Gasteiger charge is -2.26. The number of carbonyl (C=O) groups excluding carboxylic acids is 1. The molecule has 1 fully saturated rings. The van der Waals surface area contributed by atoms with Crippen molar-refractivity contribution in [2.45, 2.75) is 43.9 Å². The van der Waals surface area contributed by atoms with E-state index in [0.29, 0.717) is 23.8 Å². The molecule has 0 aromatic heterocycles. The monoisotopic (exact) mass is 248 g/mol. The van der Waals surface area contributed by atoms with Gasteiger partial charge in [0.25, 0.3) is 0 Å². The number of alkyl halides is 1. The van der Waals surface area contributed by atoms with Crippen LogP contribution in [0, 0.1) is 5.92 Å². The van der Waals surface area contributed by atoms with Crippen LogP contribution in [0.3, 0.4) is 0 Å². The normalized spacial score (nSPS) is 28.5. The molecule has 1 aliphatic rings. The van der Waals surface area contributed by atoms with Crippen LogP contribution in [0.15, 0.2) is 0 Å². The Balaban J connectivity index is 2.29. The number of ether oxygens (including phenoxy) is 1. The number of carbonyl (C=O) groups is 1. The van der Waals surface area contributed by atoms with E-state index >= 15 is 0 Å². The van der Waals surface area contributed by atoms with E-state index in [2.05, 4.69) is 15.9 Å². The summed E-state index contributed by atoms with van der Waals surface area (Å²) in [7, 11) is 0. The van der Waals surface area contributed by atoms with Gasteiger partial charge >= 0.3 is 5.97 Å². The van der Waals surface area contributed by atoms with Gasteiger partial charge in [-0.25, -0.2) is 0 Å². The minimum atomic E-state index is -0.0427. The average molecular weight is 249 g/mol. The smallest absolute Gasteiger partial charge is 0.306 e. The molecule has 76 valence electrons. The van der Waals surface area contributed by atoms with E-state index in [1.165, 1.54) is 19.3 Å². The van der Waals surface area contributed by atoms with Gasteiger partial charge in [-0.15, -0.1) is 0 Å². The Morgan fingerprint density at radius 2 is 2.15 bits per heavy atom. The van der Waals surface area contributed by atoms with E-state index in [-0.39, 0.29) is 5.97 Å². The highest BCUT2D eigenvalue weighted by molar-refractivity contribution is 9.09. The molecule has 3 heteroatoms. The third-order valence-electron chi connectivity index (χ3n) is 2.55. The van der Waals surface area contributed by atoms with Crippen LogP contribution in [-0.2, 0) is 9.53 Å². The van der Waals surface area contributed by atoms with Gasteiger partial charge in [-0.3, -0.25) is 4.79 Å². The first-order chi connectivity index (χ1) is 6.24. The number of rotatable bonds is 3. The van der Waals surface area contributed by atoms with Crippen molar-refractivity contribution in [3.63, 3.8) is 0 Å². The molecule has 2 unspecified atom stereocenters.